The SMILES string of the molecule is CCC1(C)CCSC(=NCCNC(N)=O)N1. The Morgan fingerprint density at radius 2 is 2.50 bits per heavy atom. The van der Waals surface area contributed by atoms with Crippen LogP contribution in [0.2, 0.25) is 0 Å². The van der Waals surface area contributed by atoms with Gasteiger partial charge in [0.25, 0.3) is 0 Å². The number of rotatable bonds is 4. The number of urea groups is 1. The third-order valence-corrected chi connectivity index (χ3v) is 3.66. The molecule has 1 heterocycles. The highest BCUT2D eigenvalue weighted by Crippen LogP contribution is 2.24. The number of hydrogen-bond acceptors (Lipinski definition) is 3. The summed E-state index contributed by atoms with van der Waals surface area (Å²) in [5, 5.41) is 6.93. The number of thioether (sulfide) groups is 1. The molecule has 1 unspecified atom stereocenters. The second kappa shape index (κ2) is 5.98. The van der Waals surface area contributed by atoms with Crippen LogP contribution in [0.4, 0.5) is 4.79 Å². The quantitative estimate of drug-likeness (QED) is 0.643. The Hall–Kier alpha value is -0.910. The summed E-state index contributed by atoms with van der Waals surface area (Å²) in [6.07, 6.45) is 2.25. The number of amides is 2. The summed E-state index contributed by atoms with van der Waals surface area (Å²) < 4.78 is 0. The number of carbonyl (C=O) groups excluding carboxylic acids is 1. The van der Waals surface area contributed by atoms with Crippen molar-refractivity contribution in [1.82, 2.24) is 10.6 Å². The first-order chi connectivity index (χ1) is 7.56. The predicted molar refractivity (Wildman–Crippen MR) is 68.8 cm³/mol. The number of carbonyl (C=O) groups is 1. The lowest BCUT2D eigenvalue weighted by molar-refractivity contribution is 0.249. The molecule has 0 aromatic rings. The molecule has 1 rings (SSSR count). The lowest BCUT2D eigenvalue weighted by atomic mass is 9.96. The molecule has 0 aliphatic carbocycles. The Morgan fingerprint density at radius 3 is 3.12 bits per heavy atom. The van der Waals surface area contributed by atoms with Crippen LogP contribution in [-0.4, -0.2) is 35.6 Å². The topological polar surface area (TPSA) is 79.5 Å². The highest BCUT2D eigenvalue weighted by Gasteiger charge is 2.27. The van der Waals surface area contributed by atoms with E-state index in [-0.39, 0.29) is 5.54 Å². The molecule has 5 nitrogen and oxygen atoms in total. The van der Waals surface area contributed by atoms with Crippen molar-refractivity contribution < 1.29 is 4.79 Å². The van der Waals surface area contributed by atoms with E-state index in [1.807, 2.05) is 0 Å². The Morgan fingerprint density at radius 1 is 1.75 bits per heavy atom. The van der Waals surface area contributed by atoms with Gasteiger partial charge >= 0.3 is 6.03 Å². The molecule has 1 saturated heterocycles. The van der Waals surface area contributed by atoms with Crippen molar-refractivity contribution in [2.24, 2.45) is 10.7 Å². The Balaban J connectivity index is 2.35. The van der Waals surface area contributed by atoms with E-state index in [4.69, 9.17) is 5.73 Å². The second-order valence-electron chi connectivity index (χ2n) is 4.12. The Bertz CT molecular complexity index is 282. The highest BCUT2D eigenvalue weighted by atomic mass is 32.2. The molecule has 0 aromatic heterocycles. The molecule has 0 aromatic carbocycles. The molecular weight excluding hydrogens is 224 g/mol. The summed E-state index contributed by atoms with van der Waals surface area (Å²) in [7, 11) is 0. The molecule has 1 aliphatic heterocycles. The lowest BCUT2D eigenvalue weighted by Gasteiger charge is -2.35. The number of primary amides is 1. The van der Waals surface area contributed by atoms with Crippen LogP contribution in [0, 0.1) is 0 Å². The second-order valence-corrected chi connectivity index (χ2v) is 5.20. The van der Waals surface area contributed by atoms with E-state index >= 15 is 0 Å². The molecule has 0 saturated carbocycles. The van der Waals surface area contributed by atoms with Crippen molar-refractivity contribution in [3.8, 4) is 0 Å². The van der Waals surface area contributed by atoms with Crippen LogP contribution in [0.3, 0.4) is 0 Å². The van der Waals surface area contributed by atoms with Crippen LogP contribution >= 0.6 is 11.8 Å². The smallest absolute Gasteiger partial charge is 0.312 e. The third kappa shape index (κ3) is 4.30. The van der Waals surface area contributed by atoms with E-state index in [9.17, 15) is 4.79 Å². The van der Waals surface area contributed by atoms with Crippen LogP contribution < -0.4 is 16.4 Å². The first kappa shape index (κ1) is 13.2. The van der Waals surface area contributed by atoms with E-state index in [2.05, 4.69) is 29.5 Å². The molecule has 0 radical (unpaired) electrons. The molecule has 0 bridgehead atoms. The average molecular weight is 244 g/mol. The minimum atomic E-state index is -0.497. The van der Waals surface area contributed by atoms with Gasteiger partial charge in [0.05, 0.1) is 6.54 Å². The summed E-state index contributed by atoms with van der Waals surface area (Å²) in [6.45, 7) is 5.45. The summed E-state index contributed by atoms with van der Waals surface area (Å²) in [5.74, 6) is 1.10. The standard InChI is InChI=1S/C10H20N4OS/c1-3-10(2)4-7-16-9(14-10)13-6-5-12-8(11)15/h3-7H2,1-2H3,(H,13,14)(H3,11,12,15). The van der Waals surface area contributed by atoms with Gasteiger partial charge in [-0.2, -0.15) is 0 Å². The highest BCUT2D eigenvalue weighted by molar-refractivity contribution is 8.13. The molecule has 1 fully saturated rings. The van der Waals surface area contributed by atoms with Crippen molar-refractivity contribution in [1.29, 1.82) is 0 Å². The van der Waals surface area contributed by atoms with Gasteiger partial charge in [0.2, 0.25) is 0 Å². The molecule has 6 heteroatoms. The maximum Gasteiger partial charge on any atom is 0.312 e. The normalized spacial score (nSPS) is 27.5. The first-order valence-electron chi connectivity index (χ1n) is 5.54. The van der Waals surface area contributed by atoms with Gasteiger partial charge < -0.3 is 16.4 Å². The average Bonchev–Trinajstić information content (AvgIpc) is 2.24. The van der Waals surface area contributed by atoms with Gasteiger partial charge in [0, 0.05) is 17.8 Å². The Labute approximate surface area is 101 Å². The number of aliphatic imine (C=N–C) groups is 1. The summed E-state index contributed by atoms with van der Waals surface area (Å²) in [6, 6.07) is -0.497. The minimum absolute atomic E-state index is 0.168. The molecule has 92 valence electrons. The van der Waals surface area contributed by atoms with Crippen LogP contribution in [0.1, 0.15) is 26.7 Å². The monoisotopic (exact) mass is 244 g/mol. The van der Waals surface area contributed by atoms with Crippen LogP contribution in [0.25, 0.3) is 0 Å². The molecule has 16 heavy (non-hydrogen) atoms. The number of hydrogen-bond donors (Lipinski definition) is 3. The van der Waals surface area contributed by atoms with Gasteiger partial charge in [-0.15, -0.1) is 0 Å². The van der Waals surface area contributed by atoms with E-state index in [1.165, 1.54) is 0 Å². The molecular formula is C10H20N4OS. The van der Waals surface area contributed by atoms with Crippen LogP contribution in [0.5, 0.6) is 0 Å². The van der Waals surface area contributed by atoms with E-state index < -0.39 is 6.03 Å². The lowest BCUT2D eigenvalue weighted by Crippen LogP contribution is -2.48. The predicted octanol–water partition coefficient (Wildman–Crippen LogP) is 0.906. The third-order valence-electron chi connectivity index (χ3n) is 2.75. The van der Waals surface area contributed by atoms with Crippen molar-refractivity contribution in [3.05, 3.63) is 0 Å². The molecule has 1 aliphatic rings. The first-order valence-corrected chi connectivity index (χ1v) is 6.53. The fourth-order valence-corrected chi connectivity index (χ4v) is 2.66. The fourth-order valence-electron chi connectivity index (χ4n) is 1.42. The van der Waals surface area contributed by atoms with Gasteiger partial charge in [-0.25, -0.2) is 4.79 Å². The molecule has 1 atom stereocenters. The van der Waals surface area contributed by atoms with Gasteiger partial charge in [-0.1, -0.05) is 18.7 Å². The zero-order chi connectivity index (χ0) is 12.0. The van der Waals surface area contributed by atoms with Crippen molar-refractivity contribution in [2.75, 3.05) is 18.8 Å². The summed E-state index contributed by atoms with van der Waals surface area (Å²) in [5.41, 5.74) is 5.12. The van der Waals surface area contributed by atoms with Crippen molar-refractivity contribution in [2.45, 2.75) is 32.2 Å². The van der Waals surface area contributed by atoms with E-state index in [0.29, 0.717) is 13.1 Å². The number of nitrogens with zero attached hydrogens (tertiary/aromatic N) is 1. The van der Waals surface area contributed by atoms with Gasteiger partial charge in [0.15, 0.2) is 5.17 Å². The van der Waals surface area contributed by atoms with E-state index in [1.54, 1.807) is 11.8 Å². The van der Waals surface area contributed by atoms with Gasteiger partial charge in [-0.05, 0) is 19.8 Å². The molecule has 0 spiro atoms. The Kier molecular flexibility index (Phi) is 4.92. The maximum atomic E-state index is 10.4. The number of nitrogens with two attached hydrogens (primary N) is 1. The van der Waals surface area contributed by atoms with Gasteiger partial charge in [0.1, 0.15) is 0 Å². The molecule has 4 N–H and O–H groups in total. The molecule has 2 amide bonds. The van der Waals surface area contributed by atoms with Gasteiger partial charge in [-0.3, -0.25) is 4.99 Å². The summed E-state index contributed by atoms with van der Waals surface area (Å²) in [4.78, 5) is 14.8. The number of nitrogens with one attached hydrogen (secondary N) is 2. The zero-order valence-corrected chi connectivity index (χ0v) is 10.7. The van der Waals surface area contributed by atoms with Crippen molar-refractivity contribution >= 4 is 23.0 Å². The van der Waals surface area contributed by atoms with Crippen LogP contribution in [-0.2, 0) is 0 Å². The minimum Gasteiger partial charge on any atom is -0.360 e. The van der Waals surface area contributed by atoms with Crippen molar-refractivity contribution in [3.63, 3.8) is 0 Å². The number of amidine groups is 1. The van der Waals surface area contributed by atoms with Crippen LogP contribution in [0.15, 0.2) is 4.99 Å². The fraction of sp³-hybridized carbons (Fsp3) is 0.800. The zero-order valence-electron chi connectivity index (χ0n) is 9.88. The largest absolute Gasteiger partial charge is 0.360 e. The summed E-state index contributed by atoms with van der Waals surface area (Å²) >= 11 is 1.73. The van der Waals surface area contributed by atoms with E-state index in [0.717, 1.165) is 23.8 Å². The maximum absolute atomic E-state index is 10.4.